The molecular formula is C24H24F4N4O4. The van der Waals surface area contributed by atoms with Gasteiger partial charge in [0.2, 0.25) is 5.91 Å². The van der Waals surface area contributed by atoms with E-state index in [1.54, 1.807) is 4.57 Å². The van der Waals surface area contributed by atoms with Gasteiger partial charge in [-0.25, -0.2) is 17.6 Å². The van der Waals surface area contributed by atoms with Crippen LogP contribution in [0.4, 0.5) is 23.2 Å². The standard InChI is InChI=1S/C24H24F4N4O4/c1-12-16(18(33)21(35)31-23(22(36)29-2)10-24(27,28)11-23)15-7-4-8-32(15)17(12)20(34)30-14-6-3-5-13(9-14)19(25)26/h3,5-6,9,19H,4,7-8,10-11H2,1-2H3,(H,29,36)(H,30,34)(H,31,35). The normalized spacial score (nSPS) is 17.2. The molecule has 2 aromatic rings. The van der Waals surface area contributed by atoms with E-state index in [2.05, 4.69) is 16.0 Å². The quantitative estimate of drug-likeness (QED) is 0.303. The molecule has 0 saturated heterocycles. The smallest absolute Gasteiger partial charge is 0.293 e. The van der Waals surface area contributed by atoms with E-state index < -0.39 is 54.2 Å². The molecule has 2 aliphatic rings. The number of amides is 3. The zero-order valence-corrected chi connectivity index (χ0v) is 19.5. The second kappa shape index (κ2) is 9.07. The Hall–Kier alpha value is -3.70. The molecule has 3 amide bonds. The van der Waals surface area contributed by atoms with E-state index in [1.807, 2.05) is 0 Å². The number of aromatic nitrogens is 1. The van der Waals surface area contributed by atoms with Crippen molar-refractivity contribution < 1.29 is 36.7 Å². The van der Waals surface area contributed by atoms with Gasteiger partial charge in [0.05, 0.1) is 5.56 Å². The Balaban J connectivity index is 1.61. The summed E-state index contributed by atoms with van der Waals surface area (Å²) in [6, 6.07) is 5.18. The van der Waals surface area contributed by atoms with E-state index in [-0.39, 0.29) is 28.1 Å². The van der Waals surface area contributed by atoms with Gasteiger partial charge in [-0.05, 0) is 37.5 Å². The Kier molecular flexibility index (Phi) is 6.40. The maximum atomic E-state index is 13.6. The lowest BCUT2D eigenvalue weighted by Gasteiger charge is -2.45. The molecule has 2 heterocycles. The number of carbonyl (C=O) groups is 4. The summed E-state index contributed by atoms with van der Waals surface area (Å²) in [7, 11) is 1.24. The summed E-state index contributed by atoms with van der Waals surface area (Å²) in [5.74, 6) is -6.91. The number of hydrogen-bond acceptors (Lipinski definition) is 4. The molecule has 3 N–H and O–H groups in total. The maximum Gasteiger partial charge on any atom is 0.293 e. The molecule has 1 saturated carbocycles. The van der Waals surface area contributed by atoms with Gasteiger partial charge < -0.3 is 20.5 Å². The Morgan fingerprint density at radius 1 is 1.11 bits per heavy atom. The molecule has 1 aromatic heterocycles. The first-order chi connectivity index (χ1) is 16.9. The van der Waals surface area contributed by atoms with E-state index in [4.69, 9.17) is 0 Å². The number of hydrogen-bond donors (Lipinski definition) is 3. The largest absolute Gasteiger partial charge is 0.357 e. The number of nitrogens with one attached hydrogen (secondary N) is 3. The first-order valence-electron chi connectivity index (χ1n) is 11.3. The van der Waals surface area contributed by atoms with Crippen LogP contribution in [0.5, 0.6) is 0 Å². The van der Waals surface area contributed by atoms with Crippen LogP contribution in [-0.4, -0.2) is 46.6 Å². The third-order valence-corrected chi connectivity index (χ3v) is 6.59. The lowest BCUT2D eigenvalue weighted by molar-refractivity contribution is -0.164. The molecule has 4 rings (SSSR count). The molecule has 192 valence electrons. The highest BCUT2D eigenvalue weighted by Crippen LogP contribution is 2.46. The number of carbonyl (C=O) groups excluding carboxylic acids is 4. The number of anilines is 1. The number of nitrogens with zero attached hydrogens (tertiary/aromatic N) is 1. The number of halogens is 4. The molecule has 0 radical (unpaired) electrons. The van der Waals surface area contributed by atoms with Crippen LogP contribution in [0.25, 0.3) is 0 Å². The lowest BCUT2D eigenvalue weighted by atomic mass is 9.72. The van der Waals surface area contributed by atoms with E-state index in [1.165, 1.54) is 32.2 Å². The van der Waals surface area contributed by atoms with Crippen LogP contribution in [0.15, 0.2) is 24.3 Å². The van der Waals surface area contributed by atoms with Gasteiger partial charge in [-0.15, -0.1) is 0 Å². The third-order valence-electron chi connectivity index (χ3n) is 6.59. The number of likely N-dealkylation sites (N-methyl/N-ethyl adjacent to an activating group) is 1. The predicted molar refractivity (Wildman–Crippen MR) is 120 cm³/mol. The zero-order chi connectivity index (χ0) is 26.4. The Morgan fingerprint density at radius 2 is 1.81 bits per heavy atom. The lowest BCUT2D eigenvalue weighted by Crippen LogP contribution is -2.69. The first kappa shape index (κ1) is 25.4. The summed E-state index contributed by atoms with van der Waals surface area (Å²) in [5, 5.41) is 6.97. The minimum Gasteiger partial charge on any atom is -0.357 e. The average Bonchev–Trinajstić information content (AvgIpc) is 3.36. The Bertz CT molecular complexity index is 1260. The molecular weight excluding hydrogens is 484 g/mol. The molecule has 8 nitrogen and oxygen atoms in total. The van der Waals surface area contributed by atoms with Crippen molar-refractivity contribution in [1.29, 1.82) is 0 Å². The van der Waals surface area contributed by atoms with E-state index >= 15 is 0 Å². The minimum atomic E-state index is -3.15. The molecule has 1 fully saturated rings. The summed E-state index contributed by atoms with van der Waals surface area (Å²) in [5.41, 5.74) is -1.35. The number of fused-ring (bicyclic) bond motifs is 1. The highest BCUT2D eigenvalue weighted by atomic mass is 19.3. The topological polar surface area (TPSA) is 109 Å². The number of ketones is 1. The molecule has 12 heteroatoms. The molecule has 1 aliphatic heterocycles. The van der Waals surface area contributed by atoms with Crippen LogP contribution in [-0.2, 0) is 22.6 Å². The van der Waals surface area contributed by atoms with Crippen LogP contribution < -0.4 is 16.0 Å². The van der Waals surface area contributed by atoms with Crippen molar-refractivity contribution >= 4 is 29.2 Å². The Morgan fingerprint density at radius 3 is 2.42 bits per heavy atom. The summed E-state index contributed by atoms with van der Waals surface area (Å²) in [4.78, 5) is 51.3. The number of benzene rings is 1. The van der Waals surface area contributed by atoms with Crippen molar-refractivity contribution in [3.63, 3.8) is 0 Å². The molecule has 36 heavy (non-hydrogen) atoms. The van der Waals surface area contributed by atoms with Gasteiger partial charge in [0.25, 0.3) is 29.9 Å². The second-order valence-corrected chi connectivity index (χ2v) is 9.08. The van der Waals surface area contributed by atoms with Gasteiger partial charge in [0.1, 0.15) is 11.2 Å². The molecule has 1 aromatic carbocycles. The predicted octanol–water partition coefficient (Wildman–Crippen LogP) is 3.15. The van der Waals surface area contributed by atoms with Gasteiger partial charge in [0, 0.05) is 43.4 Å². The summed E-state index contributed by atoms with van der Waals surface area (Å²) >= 11 is 0. The van der Waals surface area contributed by atoms with Crippen LogP contribution in [0.2, 0.25) is 0 Å². The van der Waals surface area contributed by atoms with E-state index in [0.29, 0.717) is 25.1 Å². The van der Waals surface area contributed by atoms with Gasteiger partial charge in [-0.2, -0.15) is 0 Å². The number of Topliss-reactive ketones (excluding diaryl/α,β-unsaturated/α-hetero) is 1. The monoisotopic (exact) mass is 508 g/mol. The van der Waals surface area contributed by atoms with E-state index in [0.717, 1.165) is 6.07 Å². The molecule has 0 bridgehead atoms. The molecule has 0 spiro atoms. The second-order valence-electron chi connectivity index (χ2n) is 9.08. The summed E-state index contributed by atoms with van der Waals surface area (Å²) in [6.45, 7) is 1.86. The highest BCUT2D eigenvalue weighted by Gasteiger charge is 2.62. The van der Waals surface area contributed by atoms with Crippen molar-refractivity contribution in [1.82, 2.24) is 15.2 Å². The van der Waals surface area contributed by atoms with Gasteiger partial charge in [0.15, 0.2) is 0 Å². The van der Waals surface area contributed by atoms with Crippen LogP contribution >= 0.6 is 0 Å². The number of alkyl halides is 4. The van der Waals surface area contributed by atoms with Gasteiger partial charge in [-0.3, -0.25) is 19.2 Å². The average molecular weight is 508 g/mol. The summed E-state index contributed by atoms with van der Waals surface area (Å²) in [6.07, 6.45) is -3.61. The fourth-order valence-electron chi connectivity index (χ4n) is 5.02. The van der Waals surface area contributed by atoms with Crippen LogP contribution in [0, 0.1) is 6.92 Å². The van der Waals surface area contributed by atoms with E-state index in [9.17, 15) is 36.7 Å². The highest BCUT2D eigenvalue weighted by molar-refractivity contribution is 6.44. The van der Waals surface area contributed by atoms with Crippen molar-refractivity contribution in [2.24, 2.45) is 0 Å². The van der Waals surface area contributed by atoms with Crippen molar-refractivity contribution in [3.05, 3.63) is 52.3 Å². The molecule has 0 atom stereocenters. The molecule has 1 aliphatic carbocycles. The van der Waals surface area contributed by atoms with Crippen LogP contribution in [0.1, 0.15) is 63.4 Å². The number of rotatable bonds is 7. The van der Waals surface area contributed by atoms with Gasteiger partial charge >= 0.3 is 0 Å². The van der Waals surface area contributed by atoms with Crippen molar-refractivity contribution in [2.75, 3.05) is 12.4 Å². The molecule has 0 unspecified atom stereocenters. The van der Waals surface area contributed by atoms with Gasteiger partial charge in [-0.1, -0.05) is 12.1 Å². The fraction of sp³-hybridized carbons (Fsp3) is 0.417. The van der Waals surface area contributed by atoms with Crippen molar-refractivity contribution in [3.8, 4) is 0 Å². The van der Waals surface area contributed by atoms with Crippen LogP contribution in [0.3, 0.4) is 0 Å². The zero-order valence-electron chi connectivity index (χ0n) is 19.5. The SMILES string of the molecule is CNC(=O)C1(NC(=O)C(=O)c2c(C)c(C(=O)Nc3cccc(C(F)F)c3)n3c2CCC3)CC(F)(F)C1. The fourth-order valence-corrected chi connectivity index (χ4v) is 5.02. The first-order valence-corrected chi connectivity index (χ1v) is 11.3. The minimum absolute atomic E-state index is 0.0328. The van der Waals surface area contributed by atoms with Crippen molar-refractivity contribution in [2.45, 2.75) is 57.0 Å². The summed E-state index contributed by atoms with van der Waals surface area (Å²) < 4.78 is 54.8. The maximum absolute atomic E-state index is 13.6. The third kappa shape index (κ3) is 4.35. The Labute approximate surface area is 203 Å².